The quantitative estimate of drug-likeness (QED) is 0.924. The van der Waals surface area contributed by atoms with Crippen molar-refractivity contribution in [2.45, 2.75) is 58.2 Å². The maximum absolute atomic E-state index is 13.0. The minimum atomic E-state index is -0.480. The Hall–Kier alpha value is -1.69. The van der Waals surface area contributed by atoms with Crippen LogP contribution in [0.15, 0.2) is 18.3 Å². The maximum Gasteiger partial charge on any atom is 0.410 e. The van der Waals surface area contributed by atoms with E-state index in [2.05, 4.69) is 17.2 Å². The zero-order valence-electron chi connectivity index (χ0n) is 14.3. The Morgan fingerprint density at radius 3 is 2.83 bits per heavy atom. The van der Waals surface area contributed by atoms with Crippen molar-refractivity contribution in [2.75, 3.05) is 13.1 Å². The molecule has 2 heterocycles. The highest BCUT2D eigenvalue weighted by atomic mass is 19.1. The van der Waals surface area contributed by atoms with Crippen LogP contribution >= 0.6 is 0 Å². The molecule has 128 valence electrons. The van der Waals surface area contributed by atoms with Crippen LogP contribution in [0.2, 0.25) is 0 Å². The number of rotatable bonds is 4. The molecule has 0 unspecified atom stereocenters. The van der Waals surface area contributed by atoms with E-state index < -0.39 is 5.60 Å². The Labute approximate surface area is 137 Å². The van der Waals surface area contributed by atoms with E-state index in [0.717, 1.165) is 18.5 Å². The van der Waals surface area contributed by atoms with Crippen LogP contribution in [0.25, 0.3) is 0 Å². The summed E-state index contributed by atoms with van der Waals surface area (Å²) in [6, 6.07) is 3.38. The molecule has 1 N–H and O–H groups in total. The highest BCUT2D eigenvalue weighted by Crippen LogP contribution is 2.20. The van der Waals surface area contributed by atoms with Gasteiger partial charge in [0, 0.05) is 25.2 Å². The van der Waals surface area contributed by atoms with Crippen molar-refractivity contribution in [1.82, 2.24) is 15.2 Å². The minimum Gasteiger partial charge on any atom is -0.444 e. The van der Waals surface area contributed by atoms with E-state index in [4.69, 9.17) is 4.74 Å². The van der Waals surface area contributed by atoms with Gasteiger partial charge in [-0.05, 0) is 45.7 Å². The van der Waals surface area contributed by atoms with Gasteiger partial charge >= 0.3 is 6.09 Å². The highest BCUT2D eigenvalue weighted by Gasteiger charge is 2.30. The van der Waals surface area contributed by atoms with Crippen LogP contribution in [0.3, 0.4) is 0 Å². The smallest absolute Gasteiger partial charge is 0.410 e. The van der Waals surface area contributed by atoms with Crippen molar-refractivity contribution in [3.05, 3.63) is 29.8 Å². The van der Waals surface area contributed by atoms with Crippen LogP contribution < -0.4 is 5.32 Å². The van der Waals surface area contributed by atoms with E-state index in [9.17, 15) is 9.18 Å². The van der Waals surface area contributed by atoms with Crippen LogP contribution in [-0.2, 0) is 4.74 Å². The van der Waals surface area contributed by atoms with Crippen LogP contribution in [0.5, 0.6) is 0 Å². The van der Waals surface area contributed by atoms with Gasteiger partial charge < -0.3 is 15.0 Å². The summed E-state index contributed by atoms with van der Waals surface area (Å²) in [6.45, 7) is 8.95. The third-order valence-corrected chi connectivity index (χ3v) is 3.79. The number of hydrogen-bond acceptors (Lipinski definition) is 4. The molecule has 0 bridgehead atoms. The second kappa shape index (κ2) is 7.25. The zero-order valence-corrected chi connectivity index (χ0v) is 14.3. The van der Waals surface area contributed by atoms with E-state index in [1.54, 1.807) is 11.0 Å². The van der Waals surface area contributed by atoms with Gasteiger partial charge in [0.25, 0.3) is 0 Å². The SMILES string of the molecule is CC[C@@H](N[C@H]1CCN(C(=O)OC(C)(C)C)C1)c1ccc(F)cn1. The van der Waals surface area contributed by atoms with E-state index in [1.807, 2.05) is 20.8 Å². The fraction of sp³-hybridized carbons (Fsp3) is 0.647. The molecule has 1 aromatic heterocycles. The second-order valence-electron chi connectivity index (χ2n) is 6.94. The molecule has 1 saturated heterocycles. The largest absolute Gasteiger partial charge is 0.444 e. The monoisotopic (exact) mass is 323 g/mol. The molecule has 1 amide bonds. The summed E-state index contributed by atoms with van der Waals surface area (Å²) in [5.41, 5.74) is 0.344. The molecule has 0 spiro atoms. The van der Waals surface area contributed by atoms with Gasteiger partial charge in [-0.3, -0.25) is 4.98 Å². The lowest BCUT2D eigenvalue weighted by Crippen LogP contribution is -2.39. The number of hydrogen-bond donors (Lipinski definition) is 1. The van der Waals surface area contributed by atoms with Crippen LogP contribution in [0, 0.1) is 5.82 Å². The average molecular weight is 323 g/mol. The third-order valence-electron chi connectivity index (χ3n) is 3.79. The number of nitrogens with one attached hydrogen (secondary N) is 1. The molecule has 23 heavy (non-hydrogen) atoms. The molecule has 1 aliphatic heterocycles. The number of carbonyl (C=O) groups excluding carboxylic acids is 1. The van der Waals surface area contributed by atoms with Crippen molar-refractivity contribution >= 4 is 6.09 Å². The fourth-order valence-corrected chi connectivity index (χ4v) is 2.68. The minimum absolute atomic E-state index is 0.0548. The molecule has 1 fully saturated rings. The number of aromatic nitrogens is 1. The topological polar surface area (TPSA) is 54.5 Å². The predicted molar refractivity (Wildman–Crippen MR) is 86.6 cm³/mol. The van der Waals surface area contributed by atoms with Gasteiger partial charge in [0.05, 0.1) is 11.9 Å². The first-order chi connectivity index (χ1) is 10.8. The highest BCUT2D eigenvalue weighted by molar-refractivity contribution is 5.68. The summed E-state index contributed by atoms with van der Waals surface area (Å²) in [4.78, 5) is 18.0. The van der Waals surface area contributed by atoms with Crippen molar-refractivity contribution in [1.29, 1.82) is 0 Å². The van der Waals surface area contributed by atoms with Crippen LogP contribution in [0.4, 0.5) is 9.18 Å². The number of amides is 1. The molecule has 0 aliphatic carbocycles. The van der Waals surface area contributed by atoms with E-state index >= 15 is 0 Å². The average Bonchev–Trinajstić information content (AvgIpc) is 2.93. The summed E-state index contributed by atoms with van der Waals surface area (Å²) in [5, 5.41) is 3.51. The van der Waals surface area contributed by atoms with E-state index in [-0.39, 0.29) is 24.0 Å². The van der Waals surface area contributed by atoms with Crippen LogP contribution in [0.1, 0.15) is 52.3 Å². The predicted octanol–water partition coefficient (Wildman–Crippen LogP) is 3.27. The number of nitrogens with zero attached hydrogens (tertiary/aromatic N) is 2. The molecule has 2 rings (SSSR count). The lowest BCUT2D eigenvalue weighted by atomic mass is 10.1. The van der Waals surface area contributed by atoms with E-state index in [0.29, 0.717) is 13.1 Å². The van der Waals surface area contributed by atoms with Gasteiger partial charge in [0.1, 0.15) is 11.4 Å². The first kappa shape index (κ1) is 17.7. The number of halogens is 1. The van der Waals surface area contributed by atoms with Crippen molar-refractivity contribution < 1.29 is 13.9 Å². The van der Waals surface area contributed by atoms with Crippen molar-refractivity contribution in [3.8, 4) is 0 Å². The van der Waals surface area contributed by atoms with Crippen LogP contribution in [-0.4, -0.2) is 40.7 Å². The standard InChI is InChI=1S/C17H26FN3O2/c1-5-14(15-7-6-12(18)10-19-15)20-13-8-9-21(11-13)16(22)23-17(2,3)4/h6-7,10,13-14,20H,5,8-9,11H2,1-4H3/t13-,14+/m0/s1. The van der Waals surface area contributed by atoms with Gasteiger partial charge in [-0.15, -0.1) is 0 Å². The third kappa shape index (κ3) is 5.16. The number of likely N-dealkylation sites (tertiary alicyclic amines) is 1. The van der Waals surface area contributed by atoms with Crippen molar-refractivity contribution in [2.24, 2.45) is 0 Å². The lowest BCUT2D eigenvalue weighted by molar-refractivity contribution is 0.0290. The molecule has 2 atom stereocenters. The molecule has 5 nitrogen and oxygen atoms in total. The molecule has 0 saturated carbocycles. The Bertz CT molecular complexity index is 528. The number of carbonyl (C=O) groups is 1. The Morgan fingerprint density at radius 2 is 2.26 bits per heavy atom. The molecule has 1 aromatic rings. The first-order valence-electron chi connectivity index (χ1n) is 8.14. The molecule has 0 aromatic carbocycles. The summed E-state index contributed by atoms with van der Waals surface area (Å²) in [6.07, 6.45) is 2.69. The second-order valence-corrected chi connectivity index (χ2v) is 6.94. The van der Waals surface area contributed by atoms with Gasteiger partial charge in [-0.1, -0.05) is 6.92 Å². The molecule has 0 radical (unpaired) electrons. The van der Waals surface area contributed by atoms with Crippen molar-refractivity contribution in [3.63, 3.8) is 0 Å². The zero-order chi connectivity index (χ0) is 17.0. The summed E-state index contributed by atoms with van der Waals surface area (Å²) < 4.78 is 18.4. The van der Waals surface area contributed by atoms with Gasteiger partial charge in [-0.2, -0.15) is 0 Å². The van der Waals surface area contributed by atoms with Gasteiger partial charge in [-0.25, -0.2) is 9.18 Å². The Balaban J connectivity index is 1.91. The summed E-state index contributed by atoms with van der Waals surface area (Å²) in [7, 11) is 0. The Kier molecular flexibility index (Phi) is 5.57. The Morgan fingerprint density at radius 1 is 1.52 bits per heavy atom. The van der Waals surface area contributed by atoms with Gasteiger partial charge in [0.2, 0.25) is 0 Å². The molecule has 6 heteroatoms. The lowest BCUT2D eigenvalue weighted by Gasteiger charge is -2.25. The fourth-order valence-electron chi connectivity index (χ4n) is 2.68. The first-order valence-corrected chi connectivity index (χ1v) is 8.14. The molecular weight excluding hydrogens is 297 g/mol. The van der Waals surface area contributed by atoms with E-state index in [1.165, 1.54) is 12.3 Å². The number of pyridine rings is 1. The summed E-state index contributed by atoms with van der Waals surface area (Å²) in [5.74, 6) is -0.333. The normalized spacial score (nSPS) is 19.7. The maximum atomic E-state index is 13.0. The van der Waals surface area contributed by atoms with Gasteiger partial charge in [0.15, 0.2) is 0 Å². The summed E-state index contributed by atoms with van der Waals surface area (Å²) >= 11 is 0. The molecule has 1 aliphatic rings. The number of ether oxygens (including phenoxy) is 1. The molecular formula is C17H26FN3O2.